The van der Waals surface area contributed by atoms with E-state index in [9.17, 15) is 14.7 Å². The van der Waals surface area contributed by atoms with Crippen LogP contribution < -0.4 is 9.64 Å². The van der Waals surface area contributed by atoms with Crippen LogP contribution in [0.3, 0.4) is 0 Å². The number of Topliss-reactive ketones (excluding diaryl/α,β-unsaturated/α-hetero) is 1. The Morgan fingerprint density at radius 3 is 2.44 bits per heavy atom. The third-order valence-corrected chi connectivity index (χ3v) is 8.86. The van der Waals surface area contributed by atoms with Crippen LogP contribution in [-0.4, -0.2) is 34.1 Å². The molecule has 198 valence electrons. The molecule has 1 amide bonds. The molecule has 39 heavy (non-hydrogen) atoms. The summed E-state index contributed by atoms with van der Waals surface area (Å²) >= 11 is 14.9. The fourth-order valence-corrected chi connectivity index (χ4v) is 6.56. The molecule has 1 atom stereocenters. The van der Waals surface area contributed by atoms with Crippen LogP contribution in [0, 0.1) is 6.92 Å². The highest BCUT2D eigenvalue weighted by atomic mass is 35.5. The molecule has 0 spiro atoms. The van der Waals surface area contributed by atoms with Gasteiger partial charge in [-0.05, 0) is 54.4 Å². The Morgan fingerprint density at radius 1 is 1.05 bits per heavy atom. The van der Waals surface area contributed by atoms with Gasteiger partial charge in [0.1, 0.15) is 11.5 Å². The number of aromatic nitrogens is 2. The summed E-state index contributed by atoms with van der Waals surface area (Å²) in [6, 6.07) is 18.5. The number of methoxy groups -OCH3 is 1. The minimum Gasteiger partial charge on any atom is -0.507 e. The second kappa shape index (κ2) is 11.4. The average molecular weight is 599 g/mol. The van der Waals surface area contributed by atoms with E-state index in [1.54, 1.807) is 36.4 Å². The number of hydrogen-bond acceptors (Lipinski definition) is 8. The summed E-state index contributed by atoms with van der Waals surface area (Å²) in [5.74, 6) is -0.751. The number of rotatable bonds is 7. The highest BCUT2D eigenvalue weighted by Gasteiger charge is 2.48. The van der Waals surface area contributed by atoms with Gasteiger partial charge < -0.3 is 9.84 Å². The van der Waals surface area contributed by atoms with Gasteiger partial charge in [-0.3, -0.25) is 14.5 Å². The van der Waals surface area contributed by atoms with Crippen LogP contribution in [0.4, 0.5) is 5.13 Å². The molecule has 1 unspecified atom stereocenters. The van der Waals surface area contributed by atoms with Gasteiger partial charge in [-0.1, -0.05) is 82.2 Å². The molecule has 1 fully saturated rings. The molecule has 0 radical (unpaired) electrons. The van der Waals surface area contributed by atoms with Crippen LogP contribution in [0.25, 0.3) is 5.76 Å². The van der Waals surface area contributed by atoms with Crippen molar-refractivity contribution in [3.05, 3.63) is 105 Å². The smallest absolute Gasteiger partial charge is 0.301 e. The Kier molecular flexibility index (Phi) is 7.95. The second-order valence-electron chi connectivity index (χ2n) is 8.68. The number of carbonyl (C=O) groups is 2. The number of carbonyl (C=O) groups excluding carboxylic acids is 2. The lowest BCUT2D eigenvalue weighted by atomic mass is 9.95. The number of halogens is 2. The molecule has 0 saturated carbocycles. The van der Waals surface area contributed by atoms with Crippen LogP contribution in [0.1, 0.15) is 28.3 Å². The number of benzene rings is 3. The summed E-state index contributed by atoms with van der Waals surface area (Å²) < 4.78 is 5.79. The number of ketones is 1. The molecule has 5 rings (SSSR count). The molecule has 1 saturated heterocycles. The average Bonchev–Trinajstić information content (AvgIpc) is 3.50. The molecule has 11 heteroatoms. The van der Waals surface area contributed by atoms with E-state index in [4.69, 9.17) is 27.9 Å². The third-order valence-electron chi connectivity index (χ3n) is 6.17. The van der Waals surface area contributed by atoms with Crippen molar-refractivity contribution in [2.24, 2.45) is 0 Å². The molecule has 0 bridgehead atoms. The van der Waals surface area contributed by atoms with Crippen LogP contribution in [0.5, 0.6) is 5.75 Å². The Balaban J connectivity index is 1.52. The van der Waals surface area contributed by atoms with Gasteiger partial charge in [-0.2, -0.15) is 0 Å². The Bertz CT molecular complexity index is 1590. The Labute approximate surface area is 243 Å². The van der Waals surface area contributed by atoms with E-state index in [0.717, 1.165) is 11.1 Å². The van der Waals surface area contributed by atoms with E-state index < -0.39 is 17.7 Å². The number of thioether (sulfide) groups is 1. The maximum Gasteiger partial charge on any atom is 0.301 e. The molecule has 7 nitrogen and oxygen atoms in total. The monoisotopic (exact) mass is 597 g/mol. The van der Waals surface area contributed by atoms with E-state index in [1.165, 1.54) is 35.1 Å². The molecule has 4 aromatic rings. The lowest BCUT2D eigenvalue weighted by Gasteiger charge is -2.22. The van der Waals surface area contributed by atoms with E-state index in [-0.39, 0.29) is 16.5 Å². The SMILES string of the molecule is COc1ccc(/C(O)=C2/C(=O)C(=O)N(c3nnc(SCc4ccc(Cl)cc4Cl)s3)C2c2ccc(C)cc2)cc1. The lowest BCUT2D eigenvalue weighted by molar-refractivity contribution is -0.132. The zero-order chi connectivity index (χ0) is 27.7. The van der Waals surface area contributed by atoms with Crippen molar-refractivity contribution >= 4 is 68.9 Å². The number of hydrogen-bond donors (Lipinski definition) is 1. The number of amides is 1. The first-order chi connectivity index (χ1) is 18.8. The number of aryl methyl sites for hydroxylation is 1. The normalized spacial score (nSPS) is 16.6. The van der Waals surface area contributed by atoms with E-state index in [2.05, 4.69) is 10.2 Å². The van der Waals surface area contributed by atoms with E-state index >= 15 is 0 Å². The first-order valence-electron chi connectivity index (χ1n) is 11.7. The van der Waals surface area contributed by atoms with Gasteiger partial charge in [-0.15, -0.1) is 10.2 Å². The molecule has 1 aliphatic rings. The number of aliphatic hydroxyl groups is 1. The highest BCUT2D eigenvalue weighted by molar-refractivity contribution is 8.00. The van der Waals surface area contributed by atoms with Gasteiger partial charge in [0.15, 0.2) is 4.34 Å². The summed E-state index contributed by atoms with van der Waals surface area (Å²) in [5.41, 5.74) is 2.92. The molecule has 1 aromatic heterocycles. The summed E-state index contributed by atoms with van der Waals surface area (Å²) in [5, 5.41) is 21.1. The molecule has 1 N–H and O–H groups in total. The van der Waals surface area contributed by atoms with Crippen LogP contribution in [0.2, 0.25) is 10.0 Å². The first-order valence-corrected chi connectivity index (χ1v) is 14.2. The van der Waals surface area contributed by atoms with Gasteiger partial charge in [0.2, 0.25) is 5.13 Å². The van der Waals surface area contributed by atoms with Crippen molar-refractivity contribution in [3.63, 3.8) is 0 Å². The van der Waals surface area contributed by atoms with Crippen molar-refractivity contribution in [1.29, 1.82) is 0 Å². The lowest BCUT2D eigenvalue weighted by Crippen LogP contribution is -2.29. The van der Waals surface area contributed by atoms with Crippen molar-refractivity contribution in [3.8, 4) is 5.75 Å². The van der Waals surface area contributed by atoms with Crippen molar-refractivity contribution in [2.45, 2.75) is 23.1 Å². The zero-order valence-corrected chi connectivity index (χ0v) is 23.9. The van der Waals surface area contributed by atoms with Gasteiger partial charge in [-0.25, -0.2) is 0 Å². The van der Waals surface area contributed by atoms with Crippen LogP contribution >= 0.6 is 46.3 Å². The summed E-state index contributed by atoms with van der Waals surface area (Å²) in [6.45, 7) is 1.94. The summed E-state index contributed by atoms with van der Waals surface area (Å²) in [4.78, 5) is 28.0. The van der Waals surface area contributed by atoms with Crippen molar-refractivity contribution < 1.29 is 19.4 Å². The molecular formula is C28H21Cl2N3O4S2. The topological polar surface area (TPSA) is 92.6 Å². The third kappa shape index (κ3) is 5.53. The van der Waals surface area contributed by atoms with E-state index in [0.29, 0.717) is 37.0 Å². The van der Waals surface area contributed by atoms with Crippen LogP contribution in [0.15, 0.2) is 76.6 Å². The predicted molar refractivity (Wildman–Crippen MR) is 155 cm³/mol. The predicted octanol–water partition coefficient (Wildman–Crippen LogP) is 7.08. The summed E-state index contributed by atoms with van der Waals surface area (Å²) in [6.07, 6.45) is 0. The highest BCUT2D eigenvalue weighted by Crippen LogP contribution is 2.44. The zero-order valence-electron chi connectivity index (χ0n) is 20.7. The minimum atomic E-state index is -0.885. The molecule has 1 aliphatic heterocycles. The fourth-order valence-electron chi connectivity index (χ4n) is 4.13. The molecular weight excluding hydrogens is 577 g/mol. The first kappa shape index (κ1) is 27.2. The second-order valence-corrected chi connectivity index (χ2v) is 11.7. The quantitative estimate of drug-likeness (QED) is 0.0799. The molecule has 3 aromatic carbocycles. The van der Waals surface area contributed by atoms with Gasteiger partial charge in [0.25, 0.3) is 5.78 Å². The van der Waals surface area contributed by atoms with Gasteiger partial charge >= 0.3 is 5.91 Å². The maximum absolute atomic E-state index is 13.4. The van der Waals surface area contributed by atoms with Gasteiger partial charge in [0, 0.05) is 21.4 Å². The van der Waals surface area contributed by atoms with Gasteiger partial charge in [0.05, 0.1) is 18.7 Å². The Hall–Kier alpha value is -3.37. The molecule has 0 aliphatic carbocycles. The van der Waals surface area contributed by atoms with Crippen LogP contribution in [-0.2, 0) is 15.3 Å². The minimum absolute atomic E-state index is 0.0219. The number of anilines is 1. The van der Waals surface area contributed by atoms with E-state index in [1.807, 2.05) is 37.3 Å². The maximum atomic E-state index is 13.4. The van der Waals surface area contributed by atoms with Crippen molar-refractivity contribution in [1.82, 2.24) is 10.2 Å². The largest absolute Gasteiger partial charge is 0.507 e. The van der Waals surface area contributed by atoms with Crippen molar-refractivity contribution in [2.75, 3.05) is 12.0 Å². The fraction of sp³-hybridized carbons (Fsp3) is 0.143. The molecule has 2 heterocycles. The Morgan fingerprint density at radius 2 is 1.77 bits per heavy atom. The number of aliphatic hydroxyl groups excluding tert-OH is 1. The summed E-state index contributed by atoms with van der Waals surface area (Å²) in [7, 11) is 1.54. The standard InChI is InChI=1S/C28H21Cl2N3O4S2/c1-15-3-5-16(6-4-15)23-22(24(34)17-8-11-20(37-2)12-9-17)25(35)26(36)33(23)27-31-32-28(39-27)38-14-18-7-10-19(29)13-21(18)30/h3-13,23,34H,14H2,1-2H3/b24-22-. The number of ether oxygens (including phenoxy) is 1. The number of nitrogens with zero attached hydrogens (tertiary/aromatic N) is 3.